The van der Waals surface area contributed by atoms with E-state index in [4.69, 9.17) is 5.73 Å². The summed E-state index contributed by atoms with van der Waals surface area (Å²) in [6.45, 7) is 4.30. The molecule has 0 spiro atoms. The molecule has 19 heavy (non-hydrogen) atoms. The molecule has 0 bridgehead atoms. The number of benzene rings is 1. The van der Waals surface area contributed by atoms with Crippen molar-refractivity contribution in [1.82, 2.24) is 9.97 Å². The highest BCUT2D eigenvalue weighted by Gasteiger charge is 2.33. The Hall–Kier alpha value is -1.88. The zero-order valence-electron chi connectivity index (χ0n) is 11.4. The summed E-state index contributed by atoms with van der Waals surface area (Å²) >= 11 is 0. The van der Waals surface area contributed by atoms with Gasteiger partial charge >= 0.3 is 0 Å². The fourth-order valence-electron chi connectivity index (χ4n) is 2.20. The monoisotopic (exact) mass is 260 g/mol. The first-order valence-electron chi connectivity index (χ1n) is 6.61. The van der Waals surface area contributed by atoms with Crippen molar-refractivity contribution in [2.75, 3.05) is 11.9 Å². The lowest BCUT2D eigenvalue weighted by Crippen LogP contribution is -2.41. The average Bonchev–Trinajstić information content (AvgIpc) is 2.83. The second-order valence-corrected chi connectivity index (χ2v) is 4.75. The van der Waals surface area contributed by atoms with Crippen LogP contribution in [0.25, 0.3) is 11.0 Å². The van der Waals surface area contributed by atoms with Crippen LogP contribution in [0.15, 0.2) is 24.3 Å². The van der Waals surface area contributed by atoms with Crippen molar-refractivity contribution in [2.24, 2.45) is 11.1 Å². The Balaban J connectivity index is 2.22. The number of rotatable bonds is 5. The van der Waals surface area contributed by atoms with E-state index >= 15 is 0 Å². The molecule has 102 valence electrons. The number of carbonyl (C=O) groups is 1. The number of para-hydroxylation sites is 2. The van der Waals surface area contributed by atoms with Crippen molar-refractivity contribution in [3.05, 3.63) is 24.3 Å². The fraction of sp³-hybridized carbons (Fsp3) is 0.429. The number of amides is 1. The molecule has 0 aliphatic rings. The molecule has 1 heterocycles. The van der Waals surface area contributed by atoms with Gasteiger partial charge < -0.3 is 10.7 Å². The molecule has 0 aliphatic carbocycles. The highest BCUT2D eigenvalue weighted by molar-refractivity contribution is 5.95. The highest BCUT2D eigenvalue weighted by Crippen LogP contribution is 2.26. The van der Waals surface area contributed by atoms with Gasteiger partial charge in [-0.25, -0.2) is 4.98 Å². The molecule has 0 saturated heterocycles. The van der Waals surface area contributed by atoms with Crippen LogP contribution < -0.4 is 11.1 Å². The first-order chi connectivity index (χ1) is 9.15. The summed E-state index contributed by atoms with van der Waals surface area (Å²) in [5.74, 6) is 0.407. The second kappa shape index (κ2) is 5.40. The number of aromatic nitrogens is 2. The Bertz CT molecular complexity index is 530. The summed E-state index contributed by atoms with van der Waals surface area (Å²) in [5.41, 5.74) is 7.00. The van der Waals surface area contributed by atoms with E-state index < -0.39 is 5.41 Å². The number of nitrogens with zero attached hydrogens (tertiary/aromatic N) is 1. The molecule has 5 heteroatoms. The minimum atomic E-state index is -0.515. The molecule has 2 aromatic rings. The molecule has 4 N–H and O–H groups in total. The molecular weight excluding hydrogens is 240 g/mol. The van der Waals surface area contributed by atoms with Crippen molar-refractivity contribution < 1.29 is 4.79 Å². The lowest BCUT2D eigenvalue weighted by atomic mass is 9.81. The largest absolute Gasteiger partial charge is 0.329 e. The maximum atomic E-state index is 12.4. The van der Waals surface area contributed by atoms with Gasteiger partial charge in [-0.05, 0) is 25.0 Å². The number of H-pyrrole nitrogens is 1. The van der Waals surface area contributed by atoms with Gasteiger partial charge in [0.25, 0.3) is 0 Å². The summed E-state index contributed by atoms with van der Waals surface area (Å²) in [6.07, 6.45) is 1.43. The van der Waals surface area contributed by atoms with E-state index in [0.717, 1.165) is 11.0 Å². The van der Waals surface area contributed by atoms with Crippen molar-refractivity contribution in [1.29, 1.82) is 0 Å². The van der Waals surface area contributed by atoms with E-state index in [1.165, 1.54) is 0 Å². The minimum absolute atomic E-state index is 0.0703. The average molecular weight is 260 g/mol. The summed E-state index contributed by atoms with van der Waals surface area (Å²) in [6, 6.07) is 7.66. The third-order valence-electron chi connectivity index (χ3n) is 3.85. The maximum Gasteiger partial charge on any atom is 0.234 e. The Kier molecular flexibility index (Phi) is 3.85. The van der Waals surface area contributed by atoms with Crippen LogP contribution in [0.4, 0.5) is 5.95 Å². The van der Waals surface area contributed by atoms with Gasteiger partial charge in [0, 0.05) is 6.54 Å². The van der Waals surface area contributed by atoms with E-state index in [1.54, 1.807) is 0 Å². The van der Waals surface area contributed by atoms with Crippen LogP contribution >= 0.6 is 0 Å². The van der Waals surface area contributed by atoms with Crippen LogP contribution in [0.1, 0.15) is 26.7 Å². The second-order valence-electron chi connectivity index (χ2n) is 4.75. The van der Waals surface area contributed by atoms with Crippen molar-refractivity contribution in [3.8, 4) is 0 Å². The molecule has 0 fully saturated rings. The first-order valence-corrected chi connectivity index (χ1v) is 6.61. The van der Waals surface area contributed by atoms with Crippen LogP contribution in [-0.4, -0.2) is 22.4 Å². The quantitative estimate of drug-likeness (QED) is 0.771. The van der Waals surface area contributed by atoms with Crippen molar-refractivity contribution >= 4 is 22.9 Å². The Morgan fingerprint density at radius 2 is 2.05 bits per heavy atom. The van der Waals surface area contributed by atoms with Gasteiger partial charge in [-0.3, -0.25) is 10.1 Å². The highest BCUT2D eigenvalue weighted by atomic mass is 16.2. The number of hydrogen-bond donors (Lipinski definition) is 3. The zero-order chi connectivity index (χ0) is 13.9. The van der Waals surface area contributed by atoms with Gasteiger partial charge in [0.2, 0.25) is 11.9 Å². The molecule has 1 aromatic carbocycles. The van der Waals surface area contributed by atoms with Crippen LogP contribution in [-0.2, 0) is 4.79 Å². The van der Waals surface area contributed by atoms with E-state index in [1.807, 2.05) is 38.1 Å². The maximum absolute atomic E-state index is 12.4. The van der Waals surface area contributed by atoms with Crippen molar-refractivity contribution in [2.45, 2.75) is 26.7 Å². The van der Waals surface area contributed by atoms with Gasteiger partial charge in [-0.2, -0.15) is 0 Å². The summed E-state index contributed by atoms with van der Waals surface area (Å²) in [4.78, 5) is 19.8. The normalized spacial score (nSPS) is 11.7. The standard InChI is InChI=1S/C14H20N4O/c1-3-14(4-2,9-15)12(19)18-13-16-10-7-5-6-8-11(10)17-13/h5-8H,3-4,9,15H2,1-2H3,(H2,16,17,18,19). The number of imidazole rings is 1. The van der Waals surface area contributed by atoms with E-state index in [-0.39, 0.29) is 5.91 Å². The van der Waals surface area contributed by atoms with Gasteiger partial charge in [-0.15, -0.1) is 0 Å². The molecule has 0 atom stereocenters. The molecule has 0 unspecified atom stereocenters. The van der Waals surface area contributed by atoms with E-state index in [2.05, 4.69) is 15.3 Å². The van der Waals surface area contributed by atoms with Crippen molar-refractivity contribution in [3.63, 3.8) is 0 Å². The molecule has 1 amide bonds. The molecule has 2 rings (SSSR count). The predicted molar refractivity (Wildman–Crippen MR) is 76.8 cm³/mol. The number of nitrogens with one attached hydrogen (secondary N) is 2. The van der Waals surface area contributed by atoms with E-state index in [0.29, 0.717) is 25.3 Å². The van der Waals surface area contributed by atoms with Gasteiger partial charge in [0.05, 0.1) is 16.4 Å². The Morgan fingerprint density at radius 1 is 1.37 bits per heavy atom. The lowest BCUT2D eigenvalue weighted by molar-refractivity contribution is -0.125. The van der Waals surface area contributed by atoms with Crippen LogP contribution in [0.2, 0.25) is 0 Å². The third-order valence-corrected chi connectivity index (χ3v) is 3.85. The number of aromatic amines is 1. The molecule has 0 radical (unpaired) electrons. The number of hydrogen-bond acceptors (Lipinski definition) is 3. The Labute approximate surface area is 112 Å². The smallest absolute Gasteiger partial charge is 0.234 e. The molecule has 1 aromatic heterocycles. The lowest BCUT2D eigenvalue weighted by Gasteiger charge is -2.27. The summed E-state index contributed by atoms with van der Waals surface area (Å²) in [7, 11) is 0. The van der Waals surface area contributed by atoms with Gasteiger partial charge in [0.15, 0.2) is 0 Å². The number of anilines is 1. The zero-order valence-corrected chi connectivity index (χ0v) is 11.4. The number of fused-ring (bicyclic) bond motifs is 1. The third kappa shape index (κ3) is 2.46. The SMILES string of the molecule is CCC(CC)(CN)C(=O)Nc1nc2ccccc2[nH]1. The molecular formula is C14H20N4O. The first kappa shape index (κ1) is 13.5. The number of nitrogens with two attached hydrogens (primary N) is 1. The van der Waals surface area contributed by atoms with Gasteiger partial charge in [-0.1, -0.05) is 26.0 Å². The number of carbonyl (C=O) groups excluding carboxylic acids is 1. The minimum Gasteiger partial charge on any atom is -0.329 e. The molecule has 0 aliphatic heterocycles. The predicted octanol–water partition coefficient (Wildman–Crippen LogP) is 2.27. The fourth-order valence-corrected chi connectivity index (χ4v) is 2.20. The van der Waals surface area contributed by atoms with E-state index in [9.17, 15) is 4.79 Å². The molecule has 5 nitrogen and oxygen atoms in total. The van der Waals surface area contributed by atoms with Crippen LogP contribution in [0.5, 0.6) is 0 Å². The topological polar surface area (TPSA) is 83.8 Å². The Morgan fingerprint density at radius 3 is 2.63 bits per heavy atom. The molecule has 0 saturated carbocycles. The summed E-state index contributed by atoms with van der Waals surface area (Å²) < 4.78 is 0. The van der Waals surface area contributed by atoms with Crippen LogP contribution in [0.3, 0.4) is 0 Å². The summed E-state index contributed by atoms with van der Waals surface area (Å²) in [5, 5.41) is 2.84. The van der Waals surface area contributed by atoms with Crippen LogP contribution in [0, 0.1) is 5.41 Å². The van der Waals surface area contributed by atoms with Gasteiger partial charge in [0.1, 0.15) is 0 Å².